The van der Waals surface area contributed by atoms with Crippen LogP contribution in [0.2, 0.25) is 0 Å². The zero-order valence-corrected chi connectivity index (χ0v) is 12.1. The fraction of sp³-hybridized carbons (Fsp3) is 0.769. The number of likely N-dealkylation sites (N-methyl/N-ethyl adjacent to an activating group) is 1. The van der Waals surface area contributed by atoms with Gasteiger partial charge in [0.15, 0.2) is 0 Å². The van der Waals surface area contributed by atoms with Gasteiger partial charge in [-0.05, 0) is 26.3 Å². The van der Waals surface area contributed by atoms with Crippen LogP contribution in [-0.2, 0) is 16.1 Å². The second kappa shape index (κ2) is 7.35. The Balaban J connectivity index is 1.65. The van der Waals surface area contributed by atoms with Gasteiger partial charge in [-0.15, -0.1) is 10.2 Å². The van der Waals surface area contributed by atoms with Gasteiger partial charge in [-0.1, -0.05) is 0 Å². The number of nitrogens with zero attached hydrogens (tertiary/aromatic N) is 3. The minimum absolute atomic E-state index is 0.00876. The number of aromatic nitrogens is 2. The summed E-state index contributed by atoms with van der Waals surface area (Å²) in [7, 11) is 3.51. The molecule has 20 heavy (non-hydrogen) atoms. The van der Waals surface area contributed by atoms with Crippen LogP contribution in [0.5, 0.6) is 0 Å². The Hall–Kier alpha value is -1.47. The molecular weight excluding hydrogens is 260 g/mol. The minimum Gasteiger partial charge on any atom is -0.424 e. The smallest absolute Gasteiger partial charge is 0.234 e. The first-order chi connectivity index (χ1) is 9.69. The molecule has 0 spiro atoms. The van der Waals surface area contributed by atoms with E-state index in [0.717, 1.165) is 25.2 Å². The van der Waals surface area contributed by atoms with Crippen molar-refractivity contribution >= 4 is 5.91 Å². The fourth-order valence-electron chi connectivity index (χ4n) is 1.86. The summed E-state index contributed by atoms with van der Waals surface area (Å²) in [4.78, 5) is 13.5. The number of amides is 1. The van der Waals surface area contributed by atoms with Gasteiger partial charge in [0, 0.05) is 26.2 Å². The van der Waals surface area contributed by atoms with Crippen LogP contribution in [0.4, 0.5) is 0 Å². The number of ether oxygens (including phenoxy) is 1. The van der Waals surface area contributed by atoms with Crippen molar-refractivity contribution in [1.29, 1.82) is 0 Å². The van der Waals surface area contributed by atoms with Gasteiger partial charge >= 0.3 is 0 Å². The van der Waals surface area contributed by atoms with Gasteiger partial charge in [0.25, 0.3) is 0 Å². The molecule has 1 amide bonds. The van der Waals surface area contributed by atoms with Crippen molar-refractivity contribution in [1.82, 2.24) is 20.4 Å². The first-order valence-electron chi connectivity index (χ1n) is 6.95. The maximum Gasteiger partial charge on any atom is 0.234 e. The summed E-state index contributed by atoms with van der Waals surface area (Å²) in [5.41, 5.74) is 0. The number of nitrogens with one attached hydrogen (secondary N) is 1. The molecule has 0 bridgehead atoms. The molecule has 0 atom stereocenters. The fourth-order valence-corrected chi connectivity index (χ4v) is 1.86. The molecule has 0 aliphatic heterocycles. The normalized spacial score (nSPS) is 14.8. The topological polar surface area (TPSA) is 80.5 Å². The van der Waals surface area contributed by atoms with E-state index >= 15 is 0 Å². The van der Waals surface area contributed by atoms with E-state index in [2.05, 4.69) is 15.5 Å². The average molecular weight is 282 g/mol. The van der Waals surface area contributed by atoms with Crippen LogP contribution in [0.15, 0.2) is 4.42 Å². The highest BCUT2D eigenvalue weighted by molar-refractivity contribution is 5.77. The van der Waals surface area contributed by atoms with Gasteiger partial charge in [0.2, 0.25) is 17.7 Å². The van der Waals surface area contributed by atoms with Gasteiger partial charge in [-0.3, -0.25) is 9.69 Å². The highest BCUT2D eigenvalue weighted by Gasteiger charge is 2.29. The van der Waals surface area contributed by atoms with Crippen molar-refractivity contribution in [3.05, 3.63) is 11.8 Å². The lowest BCUT2D eigenvalue weighted by Crippen LogP contribution is -2.35. The lowest BCUT2D eigenvalue weighted by atomic mass is 10.4. The van der Waals surface area contributed by atoms with Crippen LogP contribution in [0.3, 0.4) is 0 Å². The molecule has 1 saturated carbocycles. The van der Waals surface area contributed by atoms with Crippen molar-refractivity contribution in [2.24, 2.45) is 0 Å². The summed E-state index contributed by atoms with van der Waals surface area (Å²) >= 11 is 0. The quantitative estimate of drug-likeness (QED) is 0.666. The molecule has 2 rings (SSSR count). The number of carbonyl (C=O) groups excluding carboxylic acids is 1. The van der Waals surface area contributed by atoms with Crippen molar-refractivity contribution < 1.29 is 13.9 Å². The Kier molecular flexibility index (Phi) is 5.49. The van der Waals surface area contributed by atoms with Crippen LogP contribution >= 0.6 is 0 Å². The largest absolute Gasteiger partial charge is 0.424 e. The van der Waals surface area contributed by atoms with Crippen molar-refractivity contribution in [3.8, 4) is 0 Å². The molecule has 0 radical (unpaired) electrons. The summed E-state index contributed by atoms with van der Waals surface area (Å²) < 4.78 is 10.5. The average Bonchev–Trinajstić information content (AvgIpc) is 3.16. The molecule has 1 N–H and O–H groups in total. The molecule has 1 aromatic rings. The van der Waals surface area contributed by atoms with Gasteiger partial charge in [-0.25, -0.2) is 0 Å². The number of hydrogen-bond acceptors (Lipinski definition) is 6. The molecule has 1 aliphatic rings. The summed E-state index contributed by atoms with van der Waals surface area (Å²) in [6, 6.07) is 0. The van der Waals surface area contributed by atoms with Crippen LogP contribution < -0.4 is 5.32 Å². The van der Waals surface area contributed by atoms with E-state index < -0.39 is 0 Å². The number of hydrogen-bond donors (Lipinski definition) is 1. The molecule has 0 unspecified atom stereocenters. The summed E-state index contributed by atoms with van der Waals surface area (Å²) in [5, 5.41) is 10.9. The maximum absolute atomic E-state index is 11.7. The molecule has 112 valence electrons. The van der Waals surface area contributed by atoms with E-state index in [4.69, 9.17) is 9.15 Å². The zero-order valence-electron chi connectivity index (χ0n) is 12.1. The van der Waals surface area contributed by atoms with E-state index in [9.17, 15) is 4.79 Å². The Morgan fingerprint density at radius 2 is 2.30 bits per heavy atom. The molecule has 0 aromatic carbocycles. The standard InChI is InChI=1S/C13H22N4O3/c1-17(8-11(18)14-6-3-7-19-2)9-12-15-16-13(20-12)10-4-5-10/h10H,3-9H2,1-2H3,(H,14,18). The number of carbonyl (C=O) groups is 1. The minimum atomic E-state index is -0.00876. The van der Waals surface area contributed by atoms with E-state index in [-0.39, 0.29) is 5.91 Å². The summed E-state index contributed by atoms with van der Waals surface area (Å²) in [6.07, 6.45) is 3.10. The molecule has 1 heterocycles. The first kappa shape index (κ1) is 14.9. The van der Waals surface area contributed by atoms with Crippen molar-refractivity contribution in [3.63, 3.8) is 0 Å². The zero-order chi connectivity index (χ0) is 14.4. The Morgan fingerprint density at radius 1 is 1.50 bits per heavy atom. The lowest BCUT2D eigenvalue weighted by molar-refractivity contribution is -0.122. The number of methoxy groups -OCH3 is 1. The molecule has 1 aliphatic carbocycles. The number of rotatable bonds is 9. The third-order valence-electron chi connectivity index (χ3n) is 3.08. The molecular formula is C13H22N4O3. The summed E-state index contributed by atoms with van der Waals surface area (Å²) in [5.74, 6) is 1.76. The second-order valence-corrected chi connectivity index (χ2v) is 5.18. The van der Waals surface area contributed by atoms with Crippen LogP contribution in [0.25, 0.3) is 0 Å². The SMILES string of the molecule is COCCCNC(=O)CN(C)Cc1nnc(C2CC2)o1. The van der Waals surface area contributed by atoms with E-state index in [1.807, 2.05) is 11.9 Å². The van der Waals surface area contributed by atoms with Crippen molar-refractivity contribution in [2.45, 2.75) is 31.7 Å². The lowest BCUT2D eigenvalue weighted by Gasteiger charge is -2.13. The Bertz CT molecular complexity index is 431. The van der Waals surface area contributed by atoms with Gasteiger partial charge in [0.05, 0.1) is 13.1 Å². The Morgan fingerprint density at radius 3 is 3.00 bits per heavy atom. The van der Waals surface area contributed by atoms with Gasteiger partial charge in [-0.2, -0.15) is 0 Å². The molecule has 1 fully saturated rings. The van der Waals surface area contributed by atoms with E-state index in [1.165, 1.54) is 0 Å². The predicted molar refractivity (Wildman–Crippen MR) is 72.1 cm³/mol. The second-order valence-electron chi connectivity index (χ2n) is 5.18. The van der Waals surface area contributed by atoms with Gasteiger partial charge < -0.3 is 14.5 Å². The van der Waals surface area contributed by atoms with Gasteiger partial charge in [0.1, 0.15) is 0 Å². The highest BCUT2D eigenvalue weighted by atomic mass is 16.5. The molecule has 7 nitrogen and oxygen atoms in total. The third-order valence-corrected chi connectivity index (χ3v) is 3.08. The highest BCUT2D eigenvalue weighted by Crippen LogP contribution is 2.38. The van der Waals surface area contributed by atoms with Crippen molar-refractivity contribution in [2.75, 3.05) is 33.9 Å². The van der Waals surface area contributed by atoms with Crippen LogP contribution in [0.1, 0.15) is 37.0 Å². The van der Waals surface area contributed by atoms with E-state index in [0.29, 0.717) is 38.0 Å². The van der Waals surface area contributed by atoms with Crippen LogP contribution in [0, 0.1) is 0 Å². The first-order valence-corrected chi connectivity index (χ1v) is 6.95. The van der Waals surface area contributed by atoms with Crippen LogP contribution in [-0.4, -0.2) is 54.9 Å². The monoisotopic (exact) mass is 282 g/mol. The molecule has 0 saturated heterocycles. The maximum atomic E-state index is 11.7. The summed E-state index contributed by atoms with van der Waals surface area (Å²) in [6.45, 7) is 2.09. The molecule has 1 aromatic heterocycles. The Labute approximate surface area is 118 Å². The third kappa shape index (κ3) is 4.90. The van der Waals surface area contributed by atoms with E-state index in [1.54, 1.807) is 7.11 Å². The molecule has 7 heteroatoms. The predicted octanol–water partition coefficient (Wildman–Crippen LogP) is 0.532.